The maximum absolute atomic E-state index is 15.2. The minimum Gasteiger partial charge on any atom is -0.444 e. The van der Waals surface area contributed by atoms with Gasteiger partial charge in [0.1, 0.15) is 16.9 Å². The Hall–Kier alpha value is -2.51. The Balaban J connectivity index is 1.67. The summed E-state index contributed by atoms with van der Waals surface area (Å²) >= 11 is 12.2. The third-order valence-electron chi connectivity index (χ3n) is 5.93. The fraction of sp³-hybridized carbons (Fsp3) is 0.391. The van der Waals surface area contributed by atoms with Crippen LogP contribution in [0.3, 0.4) is 0 Å². The number of halogens is 3. The fourth-order valence-corrected chi connectivity index (χ4v) is 5.11. The van der Waals surface area contributed by atoms with Crippen molar-refractivity contribution in [2.45, 2.75) is 57.7 Å². The van der Waals surface area contributed by atoms with Crippen molar-refractivity contribution in [2.24, 2.45) is 0 Å². The third-order valence-corrected chi connectivity index (χ3v) is 6.39. The SMILES string of the molecule is CC(C)(C)OC(=O)N1C2CCC1c1c(cnc3c(F)cc(-c4nc(Cl)ncc4Cl)cc13)C2. The van der Waals surface area contributed by atoms with Gasteiger partial charge in [-0.25, -0.2) is 19.2 Å². The number of benzene rings is 1. The smallest absolute Gasteiger partial charge is 0.411 e. The Bertz CT molecular complexity index is 1260. The Kier molecular flexibility index (Phi) is 5.02. The molecule has 4 heterocycles. The van der Waals surface area contributed by atoms with Crippen molar-refractivity contribution in [3.63, 3.8) is 0 Å². The molecule has 1 amide bonds. The number of aromatic nitrogens is 3. The molecule has 2 unspecified atom stereocenters. The van der Waals surface area contributed by atoms with E-state index in [4.69, 9.17) is 27.9 Å². The largest absolute Gasteiger partial charge is 0.444 e. The van der Waals surface area contributed by atoms with E-state index in [0.717, 1.165) is 24.0 Å². The quantitative estimate of drug-likeness (QED) is 0.396. The van der Waals surface area contributed by atoms with Crippen molar-refractivity contribution >= 4 is 40.2 Å². The molecule has 0 aliphatic carbocycles. The van der Waals surface area contributed by atoms with Crippen LogP contribution in [-0.4, -0.2) is 37.6 Å². The van der Waals surface area contributed by atoms with Crippen LogP contribution >= 0.6 is 23.2 Å². The van der Waals surface area contributed by atoms with E-state index in [9.17, 15) is 4.79 Å². The molecule has 3 aromatic rings. The highest BCUT2D eigenvalue weighted by Crippen LogP contribution is 2.47. The van der Waals surface area contributed by atoms with Crippen LogP contribution in [0.4, 0.5) is 9.18 Å². The lowest BCUT2D eigenvalue weighted by atomic mass is 9.90. The van der Waals surface area contributed by atoms with Crippen LogP contribution in [0.5, 0.6) is 0 Å². The lowest BCUT2D eigenvalue weighted by Crippen LogP contribution is -2.44. The molecule has 9 heteroatoms. The molecule has 0 radical (unpaired) electrons. The van der Waals surface area contributed by atoms with Crippen LogP contribution in [0.1, 0.15) is 50.8 Å². The minimum atomic E-state index is -0.598. The zero-order valence-corrected chi connectivity index (χ0v) is 19.3. The lowest BCUT2D eigenvalue weighted by molar-refractivity contribution is 0.0126. The summed E-state index contributed by atoms with van der Waals surface area (Å²) in [4.78, 5) is 27.3. The maximum atomic E-state index is 15.2. The highest BCUT2D eigenvalue weighted by molar-refractivity contribution is 6.33. The van der Waals surface area contributed by atoms with Crippen LogP contribution in [-0.2, 0) is 11.2 Å². The normalized spacial score (nSPS) is 19.9. The van der Waals surface area contributed by atoms with Crippen LogP contribution in [0.2, 0.25) is 10.3 Å². The molecule has 2 aliphatic heterocycles. The van der Waals surface area contributed by atoms with Crippen molar-refractivity contribution in [1.29, 1.82) is 0 Å². The summed E-state index contributed by atoms with van der Waals surface area (Å²) in [5, 5.41) is 0.928. The average Bonchev–Trinajstić information content (AvgIpc) is 3.02. The molecule has 5 rings (SSSR count). The van der Waals surface area contributed by atoms with E-state index in [1.165, 1.54) is 12.3 Å². The number of pyridine rings is 1. The molecular formula is C23H21Cl2FN4O2. The van der Waals surface area contributed by atoms with Gasteiger partial charge >= 0.3 is 6.09 Å². The van der Waals surface area contributed by atoms with Gasteiger partial charge in [-0.15, -0.1) is 0 Å². The molecule has 2 bridgehead atoms. The van der Waals surface area contributed by atoms with E-state index in [0.29, 0.717) is 23.1 Å². The molecule has 0 saturated carbocycles. The summed E-state index contributed by atoms with van der Waals surface area (Å²) in [6.45, 7) is 5.55. The number of nitrogens with zero attached hydrogens (tertiary/aromatic N) is 4. The molecule has 32 heavy (non-hydrogen) atoms. The van der Waals surface area contributed by atoms with Gasteiger partial charge in [-0.2, -0.15) is 0 Å². The Morgan fingerprint density at radius 2 is 1.97 bits per heavy atom. The molecule has 1 aromatic carbocycles. The van der Waals surface area contributed by atoms with E-state index < -0.39 is 11.4 Å². The summed E-state index contributed by atoms with van der Waals surface area (Å²) in [7, 11) is 0. The standard InChI is InChI=1S/C23H21Cl2FN4O2/c1-23(2,3)32-22(31)30-13-4-5-17(30)18-12(6-13)9-27-20-14(18)7-11(8-16(20)26)19-15(24)10-28-21(25)29-19/h7-10,13,17H,4-6H2,1-3H3. The summed E-state index contributed by atoms with van der Waals surface area (Å²) in [5.41, 5.74) is 2.40. The summed E-state index contributed by atoms with van der Waals surface area (Å²) in [6, 6.07) is 3.01. The van der Waals surface area contributed by atoms with Gasteiger partial charge in [0.05, 0.1) is 23.0 Å². The van der Waals surface area contributed by atoms with E-state index in [1.807, 2.05) is 31.7 Å². The molecule has 6 nitrogen and oxygen atoms in total. The van der Waals surface area contributed by atoms with E-state index >= 15 is 4.39 Å². The first-order chi connectivity index (χ1) is 15.1. The summed E-state index contributed by atoms with van der Waals surface area (Å²) < 4.78 is 20.8. The highest BCUT2D eigenvalue weighted by atomic mass is 35.5. The number of amides is 1. The zero-order valence-electron chi connectivity index (χ0n) is 17.8. The fourth-order valence-electron chi connectivity index (χ4n) is 4.77. The minimum absolute atomic E-state index is 0.0212. The number of rotatable bonds is 1. The number of carbonyl (C=O) groups excluding carboxylic acids is 1. The first kappa shape index (κ1) is 21.3. The predicted octanol–water partition coefficient (Wildman–Crippen LogP) is 6.13. The van der Waals surface area contributed by atoms with Crippen molar-refractivity contribution in [1.82, 2.24) is 19.9 Å². The number of ether oxygens (including phenoxy) is 1. The van der Waals surface area contributed by atoms with Crippen LogP contribution in [0.15, 0.2) is 24.5 Å². The number of hydrogen-bond donors (Lipinski definition) is 0. The monoisotopic (exact) mass is 474 g/mol. The third kappa shape index (κ3) is 3.57. The Morgan fingerprint density at radius 1 is 1.19 bits per heavy atom. The van der Waals surface area contributed by atoms with Gasteiger partial charge < -0.3 is 4.74 Å². The molecular weight excluding hydrogens is 454 g/mol. The Labute approximate surface area is 194 Å². The van der Waals surface area contributed by atoms with Crippen LogP contribution in [0, 0.1) is 5.82 Å². The highest BCUT2D eigenvalue weighted by Gasteiger charge is 2.45. The first-order valence-corrected chi connectivity index (χ1v) is 11.2. The summed E-state index contributed by atoms with van der Waals surface area (Å²) in [5.74, 6) is -0.491. The van der Waals surface area contributed by atoms with Gasteiger partial charge in [0.25, 0.3) is 0 Å². The van der Waals surface area contributed by atoms with Gasteiger partial charge in [-0.3, -0.25) is 9.88 Å². The molecule has 0 spiro atoms. The molecule has 2 aromatic heterocycles. The number of fused-ring (bicyclic) bond motifs is 6. The topological polar surface area (TPSA) is 68.2 Å². The second-order valence-electron chi connectivity index (χ2n) is 9.23. The van der Waals surface area contributed by atoms with E-state index in [2.05, 4.69) is 15.0 Å². The molecule has 2 aliphatic rings. The zero-order chi connectivity index (χ0) is 22.8. The molecule has 166 valence electrons. The summed E-state index contributed by atoms with van der Waals surface area (Å²) in [6.07, 6.45) is 5.06. The van der Waals surface area contributed by atoms with Crippen molar-refractivity contribution in [3.8, 4) is 11.3 Å². The second-order valence-corrected chi connectivity index (χ2v) is 9.97. The first-order valence-electron chi connectivity index (χ1n) is 10.4. The van der Waals surface area contributed by atoms with Crippen LogP contribution in [0.25, 0.3) is 22.2 Å². The second kappa shape index (κ2) is 7.52. The van der Waals surface area contributed by atoms with Crippen molar-refractivity contribution in [2.75, 3.05) is 0 Å². The average molecular weight is 475 g/mol. The molecule has 1 fully saturated rings. The van der Waals surface area contributed by atoms with Gasteiger partial charge in [0.2, 0.25) is 5.28 Å². The van der Waals surface area contributed by atoms with E-state index in [1.54, 1.807) is 6.20 Å². The van der Waals surface area contributed by atoms with Gasteiger partial charge in [0, 0.05) is 23.2 Å². The van der Waals surface area contributed by atoms with Gasteiger partial charge in [-0.05, 0) is 74.9 Å². The van der Waals surface area contributed by atoms with Crippen LogP contribution < -0.4 is 0 Å². The van der Waals surface area contributed by atoms with E-state index in [-0.39, 0.29) is 34.0 Å². The maximum Gasteiger partial charge on any atom is 0.411 e. The molecule has 2 atom stereocenters. The van der Waals surface area contributed by atoms with Crippen molar-refractivity contribution < 1.29 is 13.9 Å². The predicted molar refractivity (Wildman–Crippen MR) is 120 cm³/mol. The number of hydrogen-bond acceptors (Lipinski definition) is 5. The van der Waals surface area contributed by atoms with Gasteiger partial charge in [-0.1, -0.05) is 11.6 Å². The van der Waals surface area contributed by atoms with Gasteiger partial charge in [0.15, 0.2) is 0 Å². The lowest BCUT2D eigenvalue weighted by Gasteiger charge is -2.37. The van der Waals surface area contributed by atoms with Crippen molar-refractivity contribution in [3.05, 3.63) is 51.8 Å². The molecule has 1 saturated heterocycles. The number of carbonyl (C=O) groups is 1. The molecule has 0 N–H and O–H groups in total. The Morgan fingerprint density at radius 3 is 2.72 bits per heavy atom.